The molecule has 78 valence electrons. The number of anilines is 1. The first-order valence-corrected chi connectivity index (χ1v) is 5.15. The van der Waals surface area contributed by atoms with Crippen LogP contribution in [0.2, 0.25) is 0 Å². The van der Waals surface area contributed by atoms with Crippen LogP contribution < -0.4 is 10.5 Å². The summed E-state index contributed by atoms with van der Waals surface area (Å²) in [5.41, 5.74) is 7.15. The second-order valence-corrected chi connectivity index (χ2v) is 3.73. The predicted octanol–water partition coefficient (Wildman–Crippen LogP) is 2.23. The van der Waals surface area contributed by atoms with E-state index in [4.69, 9.17) is 10.5 Å². The van der Waals surface area contributed by atoms with Gasteiger partial charge in [-0.2, -0.15) is 5.10 Å². The van der Waals surface area contributed by atoms with Crippen LogP contribution in [-0.2, 0) is 0 Å². The first-order valence-electron chi connectivity index (χ1n) is 4.36. The Kier molecular flexibility index (Phi) is 2.64. The van der Waals surface area contributed by atoms with E-state index in [9.17, 15) is 0 Å². The van der Waals surface area contributed by atoms with Gasteiger partial charge in [0.15, 0.2) is 0 Å². The molecule has 0 saturated heterocycles. The van der Waals surface area contributed by atoms with Crippen molar-refractivity contribution < 1.29 is 4.74 Å². The zero-order valence-electron chi connectivity index (χ0n) is 8.14. The van der Waals surface area contributed by atoms with Gasteiger partial charge >= 0.3 is 0 Å². The molecule has 0 aliphatic carbocycles. The highest BCUT2D eigenvalue weighted by atomic mass is 79.9. The average molecular weight is 268 g/mol. The summed E-state index contributed by atoms with van der Waals surface area (Å²) >= 11 is 3.37. The Balaban J connectivity index is 2.58. The molecule has 2 N–H and O–H groups in total. The highest BCUT2D eigenvalue weighted by Crippen LogP contribution is 2.27. The molecule has 0 amide bonds. The van der Waals surface area contributed by atoms with Gasteiger partial charge in [-0.15, -0.1) is 0 Å². The Bertz CT molecular complexity index is 481. The molecule has 1 aromatic carbocycles. The molecule has 2 rings (SSSR count). The summed E-state index contributed by atoms with van der Waals surface area (Å²) < 4.78 is 7.66. The van der Waals surface area contributed by atoms with Crippen molar-refractivity contribution >= 4 is 21.6 Å². The van der Waals surface area contributed by atoms with Gasteiger partial charge in [0.25, 0.3) is 0 Å². The molecule has 2 aromatic rings. The number of nitrogen functional groups attached to an aromatic ring is 1. The molecule has 5 heteroatoms. The minimum Gasteiger partial charge on any atom is -0.494 e. The van der Waals surface area contributed by atoms with E-state index in [2.05, 4.69) is 21.0 Å². The number of hydrogen-bond acceptors (Lipinski definition) is 3. The highest BCUT2D eigenvalue weighted by molar-refractivity contribution is 9.10. The molecular formula is C10H10BrN3O. The van der Waals surface area contributed by atoms with Gasteiger partial charge < -0.3 is 10.5 Å². The second-order valence-electron chi connectivity index (χ2n) is 2.97. The molecule has 0 saturated carbocycles. The minimum atomic E-state index is 0.598. The Hall–Kier alpha value is -1.49. The Morgan fingerprint density at radius 2 is 2.13 bits per heavy atom. The fourth-order valence-corrected chi connectivity index (χ4v) is 1.70. The Morgan fingerprint density at radius 1 is 1.40 bits per heavy atom. The molecule has 0 aliphatic heterocycles. The van der Waals surface area contributed by atoms with E-state index in [0.29, 0.717) is 5.69 Å². The maximum Gasteiger partial charge on any atom is 0.144 e. The van der Waals surface area contributed by atoms with Gasteiger partial charge in [-0.3, -0.25) is 0 Å². The van der Waals surface area contributed by atoms with Crippen LogP contribution >= 0.6 is 15.9 Å². The fraction of sp³-hybridized carbons (Fsp3) is 0.100. The van der Waals surface area contributed by atoms with Gasteiger partial charge in [-0.1, -0.05) is 12.1 Å². The fourth-order valence-electron chi connectivity index (χ4n) is 1.32. The van der Waals surface area contributed by atoms with Crippen LogP contribution in [0.25, 0.3) is 5.69 Å². The van der Waals surface area contributed by atoms with E-state index >= 15 is 0 Å². The van der Waals surface area contributed by atoms with Crippen LogP contribution in [0.15, 0.2) is 35.1 Å². The second kappa shape index (κ2) is 3.94. The number of halogens is 1. The van der Waals surface area contributed by atoms with Gasteiger partial charge in [0.1, 0.15) is 16.0 Å². The maximum absolute atomic E-state index is 5.70. The summed E-state index contributed by atoms with van der Waals surface area (Å²) in [6.45, 7) is 0. The summed E-state index contributed by atoms with van der Waals surface area (Å²) in [6.07, 6.45) is 1.59. The van der Waals surface area contributed by atoms with Gasteiger partial charge in [-0.25, -0.2) is 4.68 Å². The number of nitrogens with two attached hydrogens (primary N) is 1. The lowest BCUT2D eigenvalue weighted by atomic mass is 10.3. The SMILES string of the molecule is COc1ccccc1-n1ncc(N)c1Br. The van der Waals surface area contributed by atoms with Crippen molar-refractivity contribution in [1.29, 1.82) is 0 Å². The van der Waals surface area contributed by atoms with Crippen LogP contribution in [0.1, 0.15) is 0 Å². The number of aromatic nitrogens is 2. The van der Waals surface area contributed by atoms with E-state index in [0.717, 1.165) is 16.0 Å². The van der Waals surface area contributed by atoms with Gasteiger partial charge in [0, 0.05) is 0 Å². The van der Waals surface area contributed by atoms with E-state index in [1.165, 1.54) is 0 Å². The van der Waals surface area contributed by atoms with E-state index in [-0.39, 0.29) is 0 Å². The predicted molar refractivity (Wildman–Crippen MR) is 62.2 cm³/mol. The first-order chi connectivity index (χ1) is 7.24. The van der Waals surface area contributed by atoms with Crippen LogP contribution in [0.3, 0.4) is 0 Å². The van der Waals surface area contributed by atoms with Crippen molar-refractivity contribution in [3.63, 3.8) is 0 Å². The number of ether oxygens (including phenoxy) is 1. The van der Waals surface area contributed by atoms with E-state index in [1.54, 1.807) is 18.0 Å². The van der Waals surface area contributed by atoms with Crippen molar-refractivity contribution in [2.45, 2.75) is 0 Å². The Morgan fingerprint density at radius 3 is 2.73 bits per heavy atom. The zero-order valence-corrected chi connectivity index (χ0v) is 9.73. The van der Waals surface area contributed by atoms with Crippen LogP contribution in [0.5, 0.6) is 5.75 Å². The van der Waals surface area contributed by atoms with E-state index in [1.807, 2.05) is 24.3 Å². The third kappa shape index (κ3) is 1.70. The molecule has 0 aliphatic rings. The molecule has 1 heterocycles. The summed E-state index contributed by atoms with van der Waals surface area (Å²) in [5.74, 6) is 0.751. The minimum absolute atomic E-state index is 0.598. The highest BCUT2D eigenvalue weighted by Gasteiger charge is 2.10. The summed E-state index contributed by atoms with van der Waals surface area (Å²) in [5, 5.41) is 4.16. The summed E-state index contributed by atoms with van der Waals surface area (Å²) in [6, 6.07) is 7.61. The number of rotatable bonds is 2. The third-order valence-corrected chi connectivity index (χ3v) is 2.84. The smallest absolute Gasteiger partial charge is 0.144 e. The van der Waals surface area contributed by atoms with Crippen LogP contribution in [-0.4, -0.2) is 16.9 Å². The molecule has 0 fully saturated rings. The summed E-state index contributed by atoms with van der Waals surface area (Å²) in [7, 11) is 1.62. The number of nitrogens with zero attached hydrogens (tertiary/aromatic N) is 2. The first kappa shape index (κ1) is 10.0. The van der Waals surface area contributed by atoms with Gasteiger partial charge in [-0.05, 0) is 28.1 Å². The van der Waals surface area contributed by atoms with Crippen LogP contribution in [0.4, 0.5) is 5.69 Å². The van der Waals surface area contributed by atoms with Gasteiger partial charge in [0.2, 0.25) is 0 Å². The van der Waals surface area contributed by atoms with Crippen molar-refractivity contribution in [2.75, 3.05) is 12.8 Å². The monoisotopic (exact) mass is 267 g/mol. The molecule has 0 spiro atoms. The van der Waals surface area contributed by atoms with Crippen molar-refractivity contribution in [1.82, 2.24) is 9.78 Å². The van der Waals surface area contributed by atoms with Crippen LogP contribution in [0, 0.1) is 0 Å². The topological polar surface area (TPSA) is 53.1 Å². The maximum atomic E-state index is 5.70. The molecule has 0 atom stereocenters. The Labute approximate surface area is 95.8 Å². The molecule has 4 nitrogen and oxygen atoms in total. The van der Waals surface area contributed by atoms with E-state index < -0.39 is 0 Å². The molecule has 0 radical (unpaired) electrons. The standard InChI is InChI=1S/C10H10BrN3O/c1-15-9-5-3-2-4-8(9)14-10(11)7(12)6-13-14/h2-6H,12H2,1H3. The molecule has 0 unspecified atom stereocenters. The number of methoxy groups -OCH3 is 1. The summed E-state index contributed by atoms with van der Waals surface area (Å²) in [4.78, 5) is 0. The van der Waals surface area contributed by atoms with Crippen molar-refractivity contribution in [2.24, 2.45) is 0 Å². The average Bonchev–Trinajstić information content (AvgIpc) is 2.60. The normalized spacial score (nSPS) is 10.3. The molecule has 0 bridgehead atoms. The van der Waals surface area contributed by atoms with Crippen molar-refractivity contribution in [3.05, 3.63) is 35.1 Å². The lowest BCUT2D eigenvalue weighted by Crippen LogP contribution is -1.99. The zero-order chi connectivity index (χ0) is 10.8. The largest absolute Gasteiger partial charge is 0.494 e. The number of benzene rings is 1. The quantitative estimate of drug-likeness (QED) is 0.908. The lowest BCUT2D eigenvalue weighted by molar-refractivity contribution is 0.411. The molecule has 15 heavy (non-hydrogen) atoms. The molecule has 1 aromatic heterocycles. The van der Waals surface area contributed by atoms with Crippen molar-refractivity contribution in [3.8, 4) is 11.4 Å². The molecular weight excluding hydrogens is 258 g/mol. The lowest BCUT2D eigenvalue weighted by Gasteiger charge is -2.08. The van der Waals surface area contributed by atoms with Gasteiger partial charge in [0.05, 0.1) is 19.0 Å². The number of hydrogen-bond donors (Lipinski definition) is 1. The number of para-hydroxylation sites is 2. The third-order valence-electron chi connectivity index (χ3n) is 2.05.